The lowest BCUT2D eigenvalue weighted by Gasteiger charge is -2.21. The molecule has 1 aliphatic heterocycles. The molecule has 0 saturated carbocycles. The number of benzene rings is 2. The van der Waals surface area contributed by atoms with Crippen LogP contribution in [-0.2, 0) is 26.8 Å². The quantitative estimate of drug-likeness (QED) is 0.146. The number of methoxy groups -OCH3 is 1. The first-order valence-corrected chi connectivity index (χ1v) is 18.9. The summed E-state index contributed by atoms with van der Waals surface area (Å²) in [6.07, 6.45) is 5.35. The molecule has 2 aromatic heterocycles. The van der Waals surface area contributed by atoms with Crippen molar-refractivity contribution >= 4 is 86.7 Å². The highest BCUT2D eigenvalue weighted by Crippen LogP contribution is 2.48. The Hall–Kier alpha value is -2.46. The second-order valence-corrected chi connectivity index (χ2v) is 15.9. The average Bonchev–Trinajstić information content (AvgIpc) is 3.62. The molecule has 5 rings (SSSR count). The van der Waals surface area contributed by atoms with E-state index in [1.165, 1.54) is 0 Å². The summed E-state index contributed by atoms with van der Waals surface area (Å²) in [5.41, 5.74) is 2.96. The molecule has 2 aromatic carbocycles. The molecule has 0 fully saturated rings. The Morgan fingerprint density at radius 2 is 1.88 bits per heavy atom. The van der Waals surface area contributed by atoms with Gasteiger partial charge >= 0.3 is 0 Å². The van der Waals surface area contributed by atoms with Crippen LogP contribution in [0.4, 0.5) is 5.69 Å². The highest BCUT2D eigenvalue weighted by atomic mass is 32.2. The summed E-state index contributed by atoms with van der Waals surface area (Å²) in [6.45, 7) is 2.83. The number of ether oxygens (including phenoxy) is 1. The number of rotatable bonds is 12. The Labute approximate surface area is 257 Å². The minimum Gasteiger partial charge on any atom is -0.748 e. The van der Waals surface area contributed by atoms with Crippen molar-refractivity contribution in [2.45, 2.75) is 37.6 Å². The van der Waals surface area contributed by atoms with Gasteiger partial charge < -0.3 is 14.2 Å². The van der Waals surface area contributed by atoms with Crippen LogP contribution in [0, 0.1) is 0 Å². The van der Waals surface area contributed by atoms with Crippen molar-refractivity contribution in [3.8, 4) is 5.75 Å². The molecule has 224 valence electrons. The molecular formula is C28H30N2O7S5. The van der Waals surface area contributed by atoms with Gasteiger partial charge in [-0.1, -0.05) is 30.0 Å². The number of allylic oxidation sites excluding steroid dienone is 2. The van der Waals surface area contributed by atoms with Crippen molar-refractivity contribution in [2.24, 2.45) is 0 Å². The monoisotopic (exact) mass is 666 g/mol. The molecule has 0 saturated heterocycles. The maximum absolute atomic E-state index is 11.4. The maximum Gasteiger partial charge on any atom is 0.264 e. The largest absolute Gasteiger partial charge is 0.748 e. The van der Waals surface area contributed by atoms with E-state index in [-0.39, 0.29) is 18.6 Å². The van der Waals surface area contributed by atoms with Gasteiger partial charge in [-0.2, -0.15) is 13.0 Å². The van der Waals surface area contributed by atoms with Gasteiger partial charge in [-0.15, -0.1) is 11.3 Å². The van der Waals surface area contributed by atoms with Crippen LogP contribution in [0.15, 0.2) is 63.4 Å². The molecule has 0 aliphatic carbocycles. The topological polar surface area (TPSA) is 128 Å². The van der Waals surface area contributed by atoms with E-state index in [4.69, 9.17) is 4.74 Å². The normalized spacial score (nSPS) is 15.3. The van der Waals surface area contributed by atoms with Crippen molar-refractivity contribution in [2.75, 3.05) is 30.1 Å². The van der Waals surface area contributed by atoms with E-state index in [2.05, 4.69) is 41.8 Å². The smallest absolute Gasteiger partial charge is 0.264 e. The van der Waals surface area contributed by atoms with E-state index in [0.29, 0.717) is 25.3 Å². The Balaban J connectivity index is 1.55. The fourth-order valence-corrected chi connectivity index (χ4v) is 8.98. The molecule has 3 heterocycles. The van der Waals surface area contributed by atoms with E-state index in [0.717, 1.165) is 46.5 Å². The predicted molar refractivity (Wildman–Crippen MR) is 170 cm³/mol. The highest BCUT2D eigenvalue weighted by molar-refractivity contribution is 8.03. The summed E-state index contributed by atoms with van der Waals surface area (Å²) in [5, 5.41) is 5.00. The Bertz CT molecular complexity index is 1910. The SMILES string of the molecule is CCC(/C=C1\Sc2ccc(OC)cc2N1CCCS(=O)(=O)O)=C\c1sc2ccc3sccc3c2[n+]1CCCS(=O)(=O)[O-]. The van der Waals surface area contributed by atoms with Crippen molar-refractivity contribution < 1.29 is 35.2 Å². The van der Waals surface area contributed by atoms with Gasteiger partial charge in [0.2, 0.25) is 5.52 Å². The molecule has 14 heteroatoms. The second-order valence-electron chi connectivity index (χ2n) is 9.73. The molecule has 1 aliphatic rings. The number of hydrogen-bond acceptors (Lipinski definition) is 10. The van der Waals surface area contributed by atoms with Gasteiger partial charge in [0.25, 0.3) is 15.1 Å². The number of fused-ring (bicyclic) bond motifs is 4. The Morgan fingerprint density at radius 3 is 2.60 bits per heavy atom. The number of thiophene rings is 1. The Morgan fingerprint density at radius 1 is 1.10 bits per heavy atom. The molecule has 4 aromatic rings. The molecule has 9 nitrogen and oxygen atoms in total. The van der Waals surface area contributed by atoms with E-state index in [1.54, 1.807) is 41.5 Å². The first-order valence-electron chi connectivity index (χ1n) is 13.2. The van der Waals surface area contributed by atoms with Gasteiger partial charge in [-0.3, -0.25) is 4.55 Å². The van der Waals surface area contributed by atoms with Crippen LogP contribution in [-0.4, -0.2) is 51.1 Å². The molecule has 42 heavy (non-hydrogen) atoms. The standard InChI is InChI=1S/C28H30N2O7S5/c1-3-19(16-26-29(11-4-14-41(31,32)33)22-18-20(37-2)6-7-24(22)39-26)17-27-30(12-5-15-42(34,35)36)28-21-10-13-38-23(21)8-9-25(28)40-27/h6-10,13,16-18H,3-5,11-12,14-15H2,1-2H3,(H-,31,32,33,34,35,36). The van der Waals surface area contributed by atoms with Crippen LogP contribution in [0.25, 0.3) is 26.4 Å². The minimum absolute atomic E-state index is 0.209. The lowest BCUT2D eigenvalue weighted by molar-refractivity contribution is -0.667. The number of nitrogens with zero attached hydrogens (tertiary/aromatic N) is 2. The molecule has 0 spiro atoms. The Kier molecular flexibility index (Phi) is 9.33. The molecule has 0 bridgehead atoms. The summed E-state index contributed by atoms with van der Waals surface area (Å²) in [4.78, 5) is 3.06. The molecule has 1 N–H and O–H groups in total. The van der Waals surface area contributed by atoms with Gasteiger partial charge in [0.05, 0.1) is 39.1 Å². The zero-order chi connectivity index (χ0) is 30.1. The molecular weight excluding hydrogens is 637 g/mol. The summed E-state index contributed by atoms with van der Waals surface area (Å²) >= 11 is 4.84. The lowest BCUT2D eigenvalue weighted by atomic mass is 10.1. The van der Waals surface area contributed by atoms with E-state index in [1.807, 2.05) is 28.5 Å². The lowest BCUT2D eigenvalue weighted by Crippen LogP contribution is -2.36. The van der Waals surface area contributed by atoms with E-state index < -0.39 is 26.0 Å². The fraction of sp³-hybridized carbons (Fsp3) is 0.321. The minimum atomic E-state index is -4.33. The van der Waals surface area contributed by atoms with Crippen LogP contribution < -0.4 is 14.2 Å². The van der Waals surface area contributed by atoms with E-state index in [9.17, 15) is 25.9 Å². The van der Waals surface area contributed by atoms with Gasteiger partial charge in [0.15, 0.2) is 6.54 Å². The summed E-state index contributed by atoms with van der Waals surface area (Å²) in [5.74, 6) is -0.0793. The second kappa shape index (κ2) is 12.6. The third-order valence-corrected chi connectivity index (χ3v) is 11.5. The van der Waals surface area contributed by atoms with Crippen LogP contribution >= 0.6 is 34.4 Å². The average molecular weight is 667 g/mol. The first-order chi connectivity index (χ1) is 20.0. The fourth-order valence-electron chi connectivity index (χ4n) is 4.89. The third kappa shape index (κ3) is 7.18. The summed E-state index contributed by atoms with van der Waals surface area (Å²) < 4.78 is 75.9. The first kappa shape index (κ1) is 31.0. The van der Waals surface area contributed by atoms with Crippen molar-refractivity contribution in [3.05, 3.63) is 63.5 Å². The maximum atomic E-state index is 11.4. The number of thiazole rings is 1. The van der Waals surface area contributed by atoms with E-state index >= 15 is 0 Å². The summed E-state index contributed by atoms with van der Waals surface area (Å²) in [7, 11) is -6.82. The van der Waals surface area contributed by atoms with Crippen LogP contribution in [0.2, 0.25) is 0 Å². The van der Waals surface area contributed by atoms with Gasteiger partial charge in [0, 0.05) is 40.5 Å². The van der Waals surface area contributed by atoms with Crippen molar-refractivity contribution in [3.63, 3.8) is 0 Å². The third-order valence-electron chi connectivity index (χ3n) is 6.84. The molecule has 0 amide bonds. The number of anilines is 1. The van der Waals surface area contributed by atoms with Crippen LogP contribution in [0.3, 0.4) is 0 Å². The number of aryl methyl sites for hydroxylation is 1. The number of thioether (sulfide) groups is 1. The van der Waals surface area contributed by atoms with Crippen molar-refractivity contribution in [1.82, 2.24) is 0 Å². The van der Waals surface area contributed by atoms with Gasteiger partial charge in [0.1, 0.15) is 10.4 Å². The zero-order valence-electron chi connectivity index (χ0n) is 23.0. The van der Waals surface area contributed by atoms with Gasteiger partial charge in [-0.05, 0) is 60.2 Å². The number of aromatic nitrogens is 1. The molecule has 0 radical (unpaired) electrons. The van der Waals surface area contributed by atoms with Gasteiger partial charge in [-0.25, -0.2) is 8.42 Å². The van der Waals surface area contributed by atoms with Crippen molar-refractivity contribution in [1.29, 1.82) is 0 Å². The molecule has 0 unspecified atom stereocenters. The molecule has 0 atom stereocenters. The number of hydrogen-bond donors (Lipinski definition) is 1. The predicted octanol–water partition coefficient (Wildman–Crippen LogP) is 5.87. The van der Waals surface area contributed by atoms with Crippen LogP contribution in [0.1, 0.15) is 31.2 Å². The van der Waals surface area contributed by atoms with Crippen LogP contribution in [0.5, 0.6) is 5.75 Å². The zero-order valence-corrected chi connectivity index (χ0v) is 27.1. The highest BCUT2D eigenvalue weighted by Gasteiger charge is 2.27. The summed E-state index contributed by atoms with van der Waals surface area (Å²) in [6, 6.07) is 12.0.